The van der Waals surface area contributed by atoms with E-state index in [9.17, 15) is 13.2 Å². The number of aryl methyl sites for hydroxylation is 1. The number of rotatable bonds is 4. The summed E-state index contributed by atoms with van der Waals surface area (Å²) in [6.07, 6.45) is 2.29. The topological polar surface area (TPSA) is 70.6 Å². The second-order valence-electron chi connectivity index (χ2n) is 6.45. The molecule has 6 nitrogen and oxygen atoms in total. The minimum atomic E-state index is -3.23. The number of hydrogen-bond acceptors (Lipinski definition) is 5. The Morgan fingerprint density at radius 1 is 1.35 bits per heavy atom. The van der Waals surface area contributed by atoms with E-state index in [-0.39, 0.29) is 11.7 Å². The molecule has 0 aromatic carbocycles. The number of thiazole rings is 1. The maximum absolute atomic E-state index is 12.9. The van der Waals surface area contributed by atoms with E-state index in [0.29, 0.717) is 26.2 Å². The van der Waals surface area contributed by atoms with Gasteiger partial charge < -0.3 is 4.90 Å². The number of carbonyl (C=O) groups excluding carboxylic acids is 1. The molecule has 2 saturated heterocycles. The van der Waals surface area contributed by atoms with Gasteiger partial charge in [0.05, 0.1) is 28.4 Å². The Morgan fingerprint density at radius 2 is 2.13 bits per heavy atom. The van der Waals surface area contributed by atoms with Gasteiger partial charge in [-0.3, -0.25) is 4.79 Å². The molecule has 23 heavy (non-hydrogen) atoms. The number of nitrogens with zero attached hydrogens (tertiary/aromatic N) is 3. The molecule has 0 N–H and O–H groups in total. The monoisotopic (exact) mass is 357 g/mol. The van der Waals surface area contributed by atoms with Crippen molar-refractivity contribution < 1.29 is 13.2 Å². The average molecular weight is 358 g/mol. The number of piperidine rings is 1. The molecular weight excluding hydrogens is 334 g/mol. The van der Waals surface area contributed by atoms with Crippen molar-refractivity contribution in [1.29, 1.82) is 0 Å². The molecule has 1 unspecified atom stereocenters. The highest BCUT2D eigenvalue weighted by Gasteiger charge is 2.50. The van der Waals surface area contributed by atoms with Crippen molar-refractivity contribution in [3.05, 3.63) is 16.1 Å². The SMILES string of the molecule is CCS(=O)(=O)N1CCCC2(CCN(Cc3csc(C)n3)C2=O)C1. The van der Waals surface area contributed by atoms with Crippen LogP contribution in [0, 0.1) is 12.3 Å². The molecule has 0 aliphatic carbocycles. The van der Waals surface area contributed by atoms with E-state index in [1.807, 2.05) is 17.2 Å². The number of carbonyl (C=O) groups is 1. The van der Waals surface area contributed by atoms with Crippen LogP contribution in [0.2, 0.25) is 0 Å². The summed E-state index contributed by atoms with van der Waals surface area (Å²) >= 11 is 1.59. The molecule has 0 saturated carbocycles. The first-order valence-corrected chi connectivity index (χ1v) is 10.5. The normalized spacial score (nSPS) is 26.3. The molecule has 8 heteroatoms. The fourth-order valence-corrected chi connectivity index (χ4v) is 5.43. The first kappa shape index (κ1) is 16.9. The highest BCUT2D eigenvalue weighted by Crippen LogP contribution is 2.41. The van der Waals surface area contributed by atoms with Crippen molar-refractivity contribution in [3.63, 3.8) is 0 Å². The molecule has 3 rings (SSSR count). The molecule has 128 valence electrons. The van der Waals surface area contributed by atoms with Gasteiger partial charge >= 0.3 is 0 Å². The van der Waals surface area contributed by atoms with Crippen LogP contribution in [0.1, 0.15) is 36.9 Å². The fraction of sp³-hybridized carbons (Fsp3) is 0.733. The van der Waals surface area contributed by atoms with Gasteiger partial charge in [0.1, 0.15) is 0 Å². The van der Waals surface area contributed by atoms with Crippen LogP contribution < -0.4 is 0 Å². The summed E-state index contributed by atoms with van der Waals surface area (Å²) in [6.45, 7) is 5.71. The summed E-state index contributed by atoms with van der Waals surface area (Å²) < 4.78 is 25.9. The zero-order valence-electron chi connectivity index (χ0n) is 13.6. The summed E-state index contributed by atoms with van der Waals surface area (Å²) in [5.41, 5.74) is 0.401. The molecule has 1 atom stereocenters. The molecule has 1 spiro atoms. The summed E-state index contributed by atoms with van der Waals surface area (Å²) in [7, 11) is -3.23. The van der Waals surface area contributed by atoms with Crippen LogP contribution in [0.3, 0.4) is 0 Å². The summed E-state index contributed by atoms with van der Waals surface area (Å²) in [5, 5.41) is 2.99. The van der Waals surface area contributed by atoms with E-state index >= 15 is 0 Å². The van der Waals surface area contributed by atoms with Crippen molar-refractivity contribution in [2.75, 3.05) is 25.4 Å². The molecule has 1 amide bonds. The highest BCUT2D eigenvalue weighted by atomic mass is 32.2. The molecule has 0 radical (unpaired) electrons. The zero-order valence-corrected chi connectivity index (χ0v) is 15.3. The van der Waals surface area contributed by atoms with E-state index in [0.717, 1.165) is 30.0 Å². The van der Waals surface area contributed by atoms with Gasteiger partial charge in [0, 0.05) is 25.0 Å². The van der Waals surface area contributed by atoms with E-state index < -0.39 is 15.4 Å². The number of amides is 1. The quantitative estimate of drug-likeness (QED) is 0.821. The molecule has 2 aliphatic rings. The summed E-state index contributed by atoms with van der Waals surface area (Å²) in [6, 6.07) is 0. The van der Waals surface area contributed by atoms with E-state index in [1.54, 1.807) is 18.3 Å². The lowest BCUT2D eigenvalue weighted by atomic mass is 9.79. The van der Waals surface area contributed by atoms with Gasteiger partial charge in [-0.15, -0.1) is 11.3 Å². The van der Waals surface area contributed by atoms with Crippen LogP contribution >= 0.6 is 11.3 Å². The number of likely N-dealkylation sites (tertiary alicyclic amines) is 1. The van der Waals surface area contributed by atoms with Crippen LogP contribution in [0.15, 0.2) is 5.38 Å². The predicted octanol–water partition coefficient (Wildman–Crippen LogP) is 1.62. The molecule has 0 bridgehead atoms. The molecule has 1 aromatic heterocycles. The van der Waals surface area contributed by atoms with E-state index in [2.05, 4.69) is 4.98 Å². The lowest BCUT2D eigenvalue weighted by molar-refractivity contribution is -0.138. The summed E-state index contributed by atoms with van der Waals surface area (Å²) in [5.74, 6) is 0.193. The van der Waals surface area contributed by atoms with Crippen molar-refractivity contribution in [3.8, 4) is 0 Å². The third-order valence-electron chi connectivity index (χ3n) is 4.92. The molecule has 2 fully saturated rings. The first-order valence-electron chi connectivity index (χ1n) is 8.04. The molecule has 2 aliphatic heterocycles. The Hall–Kier alpha value is -0.990. The maximum atomic E-state index is 12.9. The summed E-state index contributed by atoms with van der Waals surface area (Å²) in [4.78, 5) is 19.2. The minimum Gasteiger partial charge on any atom is -0.336 e. The molecule has 3 heterocycles. The molecular formula is C15H23N3O3S2. The Balaban J connectivity index is 1.74. The largest absolute Gasteiger partial charge is 0.336 e. The average Bonchev–Trinajstić information content (AvgIpc) is 3.07. The number of hydrogen-bond donors (Lipinski definition) is 0. The zero-order chi connectivity index (χ0) is 16.7. The Morgan fingerprint density at radius 3 is 2.78 bits per heavy atom. The minimum absolute atomic E-state index is 0.0963. The van der Waals surface area contributed by atoms with Crippen LogP contribution in [-0.4, -0.2) is 53.9 Å². The predicted molar refractivity (Wildman–Crippen MR) is 89.6 cm³/mol. The second-order valence-corrected chi connectivity index (χ2v) is 9.77. The number of aromatic nitrogens is 1. The van der Waals surface area contributed by atoms with Crippen LogP contribution in [0.4, 0.5) is 0 Å². The van der Waals surface area contributed by atoms with Gasteiger partial charge in [-0.05, 0) is 33.1 Å². The Bertz CT molecular complexity index is 701. The van der Waals surface area contributed by atoms with Crippen molar-refractivity contribution in [1.82, 2.24) is 14.2 Å². The number of sulfonamides is 1. The van der Waals surface area contributed by atoms with Crippen LogP contribution in [0.5, 0.6) is 0 Å². The van der Waals surface area contributed by atoms with E-state index in [4.69, 9.17) is 0 Å². The second kappa shape index (κ2) is 6.14. The lowest BCUT2D eigenvalue weighted by Gasteiger charge is -2.38. The van der Waals surface area contributed by atoms with Crippen molar-refractivity contribution in [2.24, 2.45) is 5.41 Å². The van der Waals surface area contributed by atoms with Gasteiger partial charge in [-0.25, -0.2) is 17.7 Å². The maximum Gasteiger partial charge on any atom is 0.230 e. The van der Waals surface area contributed by atoms with Gasteiger partial charge in [-0.2, -0.15) is 0 Å². The third-order valence-corrected chi connectivity index (χ3v) is 7.57. The standard InChI is InChI=1S/C15H23N3O3S2/c1-3-23(20,21)18-7-4-5-15(11-18)6-8-17(14(15)19)9-13-10-22-12(2)16-13/h10H,3-9,11H2,1-2H3. The highest BCUT2D eigenvalue weighted by molar-refractivity contribution is 7.89. The van der Waals surface area contributed by atoms with Crippen LogP contribution in [-0.2, 0) is 21.4 Å². The van der Waals surface area contributed by atoms with Crippen molar-refractivity contribution >= 4 is 27.3 Å². The Kier molecular flexibility index (Phi) is 4.50. The fourth-order valence-electron chi connectivity index (χ4n) is 3.61. The first-order chi connectivity index (χ1) is 10.9. The van der Waals surface area contributed by atoms with Crippen LogP contribution in [0.25, 0.3) is 0 Å². The third kappa shape index (κ3) is 3.16. The smallest absolute Gasteiger partial charge is 0.230 e. The molecule has 1 aromatic rings. The van der Waals surface area contributed by atoms with E-state index in [1.165, 1.54) is 4.31 Å². The van der Waals surface area contributed by atoms with Gasteiger partial charge in [0.2, 0.25) is 15.9 Å². The van der Waals surface area contributed by atoms with Gasteiger partial charge in [0.15, 0.2) is 0 Å². The Labute approximate surface area is 141 Å². The van der Waals surface area contributed by atoms with Gasteiger partial charge in [-0.1, -0.05) is 0 Å². The van der Waals surface area contributed by atoms with Gasteiger partial charge in [0.25, 0.3) is 0 Å². The van der Waals surface area contributed by atoms with Crippen molar-refractivity contribution in [2.45, 2.75) is 39.7 Å². The lowest BCUT2D eigenvalue weighted by Crippen LogP contribution is -2.50.